The van der Waals surface area contributed by atoms with Crippen LogP contribution in [0.5, 0.6) is 17.2 Å². The van der Waals surface area contributed by atoms with Gasteiger partial charge in [-0.25, -0.2) is 0 Å². The fourth-order valence-electron chi connectivity index (χ4n) is 10.2. The zero-order valence-corrected chi connectivity index (χ0v) is 40.9. The van der Waals surface area contributed by atoms with E-state index in [9.17, 15) is 0 Å². The van der Waals surface area contributed by atoms with Gasteiger partial charge in [0.2, 0.25) is 0 Å². The molecule has 0 saturated heterocycles. The molecule has 69 heavy (non-hydrogen) atoms. The summed E-state index contributed by atoms with van der Waals surface area (Å²) in [6.07, 6.45) is 14.2. The topological polar surface area (TPSA) is 27.7 Å². The Hall–Kier alpha value is -6.84. The first-order chi connectivity index (χ1) is 34.0. The molecule has 0 atom stereocenters. The number of rotatable bonds is 18. The first kappa shape index (κ1) is 45.9. The molecule has 0 amide bonds. The van der Waals surface area contributed by atoms with Gasteiger partial charge in [-0.15, -0.1) is 0 Å². The molecule has 0 saturated carbocycles. The molecule has 3 nitrogen and oxygen atoms in total. The van der Waals surface area contributed by atoms with Gasteiger partial charge in [-0.05, 0) is 189 Å². The number of ether oxygens (including phenoxy) is 3. The summed E-state index contributed by atoms with van der Waals surface area (Å²) in [5.74, 6) is 2.80. The number of unbranched alkanes of at least 4 members (excludes halogenated alkanes) is 9. The maximum absolute atomic E-state index is 6.35. The molecule has 6 bridgehead atoms. The second kappa shape index (κ2) is 21.6. The lowest BCUT2D eigenvalue weighted by molar-refractivity contribution is 0.305. The van der Waals surface area contributed by atoms with Crippen LogP contribution in [0.1, 0.15) is 97.8 Å². The highest BCUT2D eigenvalue weighted by Crippen LogP contribution is 2.37. The zero-order chi connectivity index (χ0) is 46.9. The van der Waals surface area contributed by atoms with Crippen LogP contribution >= 0.6 is 0 Å². The molecular formula is C66H66O3. The van der Waals surface area contributed by atoms with Gasteiger partial charge in [0.05, 0.1) is 19.8 Å². The van der Waals surface area contributed by atoms with E-state index in [1.165, 1.54) is 139 Å². The molecule has 10 aromatic carbocycles. The van der Waals surface area contributed by atoms with E-state index in [1.54, 1.807) is 0 Å². The largest absolute Gasteiger partial charge is 0.494 e. The van der Waals surface area contributed by atoms with Crippen molar-refractivity contribution in [1.82, 2.24) is 0 Å². The number of hydrogen-bond donors (Lipinski definition) is 0. The van der Waals surface area contributed by atoms with Crippen LogP contribution in [0.25, 0.3) is 97.0 Å². The minimum atomic E-state index is 0.739. The molecule has 0 aromatic heterocycles. The fourth-order valence-corrected chi connectivity index (χ4v) is 10.2. The van der Waals surface area contributed by atoms with E-state index < -0.39 is 0 Å². The van der Waals surface area contributed by atoms with Gasteiger partial charge in [-0.2, -0.15) is 0 Å². The van der Waals surface area contributed by atoms with Crippen LogP contribution in [0.2, 0.25) is 0 Å². The number of fused-ring (bicyclic) bond motifs is 9. The minimum Gasteiger partial charge on any atom is -0.494 e. The highest BCUT2D eigenvalue weighted by atomic mass is 16.5. The van der Waals surface area contributed by atoms with Crippen LogP contribution in [0.4, 0.5) is 0 Å². The Bertz CT molecular complexity index is 3570. The smallest absolute Gasteiger partial charge is 0.119 e. The summed E-state index contributed by atoms with van der Waals surface area (Å²) >= 11 is 0. The lowest BCUT2D eigenvalue weighted by Crippen LogP contribution is -1.97. The van der Waals surface area contributed by atoms with E-state index in [0.29, 0.717) is 0 Å². The molecule has 0 aliphatic rings. The molecule has 0 spiro atoms. The van der Waals surface area contributed by atoms with Crippen molar-refractivity contribution in [3.8, 4) is 17.2 Å². The van der Waals surface area contributed by atoms with Gasteiger partial charge >= 0.3 is 0 Å². The Kier molecular flexibility index (Phi) is 14.4. The van der Waals surface area contributed by atoms with E-state index in [4.69, 9.17) is 14.2 Å². The molecule has 0 radical (unpaired) electrons. The Labute approximate surface area is 408 Å². The lowest BCUT2D eigenvalue weighted by Gasteiger charge is -2.11. The molecular weight excluding hydrogens is 841 g/mol. The normalized spacial score (nSPS) is 11.7. The Balaban J connectivity index is 1.18. The van der Waals surface area contributed by atoms with Crippen molar-refractivity contribution in [3.63, 3.8) is 0 Å². The molecule has 348 valence electrons. The third-order valence-corrected chi connectivity index (χ3v) is 14.1. The highest BCUT2D eigenvalue weighted by Gasteiger charge is 2.10. The van der Waals surface area contributed by atoms with Gasteiger partial charge < -0.3 is 14.2 Å². The third kappa shape index (κ3) is 10.4. The van der Waals surface area contributed by atoms with E-state index in [2.05, 4.69) is 185 Å². The van der Waals surface area contributed by atoms with Crippen LogP contribution in [-0.2, 0) is 0 Å². The molecule has 0 unspecified atom stereocenters. The fraction of sp³-hybridized carbons (Fsp3) is 0.273. The second-order valence-corrected chi connectivity index (χ2v) is 19.2. The van der Waals surface area contributed by atoms with E-state index in [-0.39, 0.29) is 0 Å². The molecule has 0 fully saturated rings. The summed E-state index contributed by atoms with van der Waals surface area (Å²) in [5.41, 5.74) is 0. The van der Waals surface area contributed by atoms with Crippen LogP contribution in [0.15, 0.2) is 164 Å². The van der Waals surface area contributed by atoms with Crippen LogP contribution < -0.4 is 14.2 Å². The molecule has 10 aromatic rings. The Morgan fingerprint density at radius 3 is 0.812 bits per heavy atom. The Morgan fingerprint density at radius 1 is 0.232 bits per heavy atom. The summed E-state index contributed by atoms with van der Waals surface area (Å²) in [6.45, 7) is 8.97. The Morgan fingerprint density at radius 2 is 0.493 bits per heavy atom. The predicted molar refractivity (Wildman–Crippen MR) is 299 cm³/mol. The van der Waals surface area contributed by atoms with Crippen molar-refractivity contribution in [2.45, 2.75) is 97.8 Å². The van der Waals surface area contributed by atoms with Gasteiger partial charge in [0.1, 0.15) is 17.2 Å². The van der Waals surface area contributed by atoms with E-state index >= 15 is 0 Å². The summed E-state index contributed by atoms with van der Waals surface area (Å²) < 4.78 is 19.0. The quantitative estimate of drug-likeness (QED) is 0.0634. The summed E-state index contributed by atoms with van der Waals surface area (Å²) in [5, 5.41) is 21.6. The van der Waals surface area contributed by atoms with Gasteiger partial charge in [-0.1, -0.05) is 170 Å². The van der Waals surface area contributed by atoms with E-state index in [0.717, 1.165) is 72.5 Å². The van der Waals surface area contributed by atoms with Crippen molar-refractivity contribution in [1.29, 1.82) is 0 Å². The van der Waals surface area contributed by atoms with Crippen molar-refractivity contribution in [3.05, 3.63) is 164 Å². The summed E-state index contributed by atoms with van der Waals surface area (Å²) in [7, 11) is 0. The van der Waals surface area contributed by atoms with Crippen molar-refractivity contribution in [2.24, 2.45) is 0 Å². The van der Waals surface area contributed by atoms with Crippen molar-refractivity contribution in [2.75, 3.05) is 19.8 Å². The first-order valence-electron chi connectivity index (χ1n) is 26.0. The molecule has 3 heteroatoms. The summed E-state index contributed by atoms with van der Waals surface area (Å²) in [6, 6.07) is 61.4. The van der Waals surface area contributed by atoms with Crippen LogP contribution in [0, 0.1) is 0 Å². The van der Waals surface area contributed by atoms with Gasteiger partial charge in [0.15, 0.2) is 0 Å². The van der Waals surface area contributed by atoms with Gasteiger partial charge in [-0.3, -0.25) is 0 Å². The SMILES string of the molecule is CCCCCCOc1ccc2cc3ccc4ccc5c6cc(OCCCCCC)ccc6cc(ccc6cc7ccc(OCCCCCC)cc7c7ccc(ccc8ccc(c2c1)c3c8)cc67)c5c4. The summed E-state index contributed by atoms with van der Waals surface area (Å²) in [4.78, 5) is 0. The zero-order valence-electron chi connectivity index (χ0n) is 40.9. The van der Waals surface area contributed by atoms with Crippen LogP contribution in [-0.4, -0.2) is 19.8 Å². The standard InChI is InChI=1S/C66H66O3/c1-4-7-10-13-34-67-55-28-25-52-40-49-22-18-48-21-33-60-63(39-48)51(42-54-27-30-57(45-66(54)60)69-36-15-12-9-6-3)24-23-50-41-53-26-29-56(68-35-14-11-8-5-2)44-65(53)59-32-20-47(38-62(50)59)17-16-46-19-31-58(61(49)37-46)64(52)43-55/h16-33,37-45H,4-15,34-36H2,1-3H3. The van der Waals surface area contributed by atoms with Gasteiger partial charge in [0.25, 0.3) is 0 Å². The van der Waals surface area contributed by atoms with Gasteiger partial charge in [0, 0.05) is 0 Å². The number of benzene rings is 9. The molecule has 10 rings (SSSR count). The van der Waals surface area contributed by atoms with Crippen molar-refractivity contribution < 1.29 is 14.2 Å². The monoisotopic (exact) mass is 907 g/mol. The molecule has 0 aliphatic heterocycles. The predicted octanol–water partition coefficient (Wildman–Crippen LogP) is 19.6. The average Bonchev–Trinajstić information content (AvgIpc) is 3.38. The maximum atomic E-state index is 6.35. The minimum absolute atomic E-state index is 0.739. The highest BCUT2D eigenvalue weighted by molar-refractivity contribution is 6.19. The molecule has 0 N–H and O–H groups in total. The molecule has 0 heterocycles. The second-order valence-electron chi connectivity index (χ2n) is 19.2. The van der Waals surface area contributed by atoms with E-state index in [1.807, 2.05) is 0 Å². The average molecular weight is 907 g/mol. The van der Waals surface area contributed by atoms with Crippen molar-refractivity contribution >= 4 is 97.0 Å². The molecule has 0 aliphatic carbocycles. The number of hydrogen-bond acceptors (Lipinski definition) is 3. The lowest BCUT2D eigenvalue weighted by atomic mass is 9.96. The first-order valence-corrected chi connectivity index (χ1v) is 26.0. The van der Waals surface area contributed by atoms with Crippen LogP contribution in [0.3, 0.4) is 0 Å². The maximum Gasteiger partial charge on any atom is 0.119 e. The third-order valence-electron chi connectivity index (χ3n) is 14.1.